The van der Waals surface area contributed by atoms with E-state index in [4.69, 9.17) is 4.74 Å². The summed E-state index contributed by atoms with van der Waals surface area (Å²) in [5.41, 5.74) is 1.94. The topological polar surface area (TPSA) is 41.5 Å². The Balaban J connectivity index is 2.24. The van der Waals surface area contributed by atoms with E-state index in [-0.39, 0.29) is 0 Å². The van der Waals surface area contributed by atoms with E-state index in [9.17, 15) is 5.11 Å². The molecule has 0 spiro atoms. The molecule has 88 valence electrons. The van der Waals surface area contributed by atoms with Gasteiger partial charge in [-0.25, -0.2) is 0 Å². The fourth-order valence-electron chi connectivity index (χ4n) is 2.43. The number of ether oxygens (including phenoxy) is 1. The Hall–Kier alpha value is -1.06. The third-order valence-electron chi connectivity index (χ3n) is 3.30. The lowest BCUT2D eigenvalue weighted by Gasteiger charge is -2.33. The van der Waals surface area contributed by atoms with Crippen molar-refractivity contribution in [1.82, 2.24) is 5.32 Å². The van der Waals surface area contributed by atoms with Crippen molar-refractivity contribution >= 4 is 0 Å². The van der Waals surface area contributed by atoms with Crippen molar-refractivity contribution in [3.63, 3.8) is 0 Å². The molecular formula is C13H19NO2. The van der Waals surface area contributed by atoms with Gasteiger partial charge < -0.3 is 15.2 Å². The van der Waals surface area contributed by atoms with E-state index >= 15 is 0 Å². The Morgan fingerprint density at radius 1 is 1.44 bits per heavy atom. The van der Waals surface area contributed by atoms with Gasteiger partial charge in [0.2, 0.25) is 0 Å². The smallest absolute Gasteiger partial charge is 0.119 e. The van der Waals surface area contributed by atoms with Gasteiger partial charge in [-0.15, -0.1) is 0 Å². The van der Waals surface area contributed by atoms with Crippen LogP contribution < -0.4 is 10.1 Å². The minimum atomic E-state index is -0.603. The van der Waals surface area contributed by atoms with Crippen molar-refractivity contribution < 1.29 is 9.84 Å². The number of fused-ring (bicyclic) bond motifs is 1. The second kappa shape index (κ2) is 4.44. The average molecular weight is 221 g/mol. The molecule has 0 fully saturated rings. The van der Waals surface area contributed by atoms with Gasteiger partial charge in [-0.2, -0.15) is 0 Å². The van der Waals surface area contributed by atoms with Gasteiger partial charge in [-0.3, -0.25) is 0 Å². The standard InChI is InChI=1S/C13H19NO2/c1-14-9-13(15)6-5-10-3-4-12(16-2)7-11(10)8-13/h3-4,7,14-15H,5-6,8-9H2,1-2H3. The predicted octanol–water partition coefficient (Wildman–Crippen LogP) is 1.13. The summed E-state index contributed by atoms with van der Waals surface area (Å²) in [4.78, 5) is 0. The highest BCUT2D eigenvalue weighted by Crippen LogP contribution is 2.30. The van der Waals surface area contributed by atoms with Crippen LogP contribution in [0, 0.1) is 0 Å². The molecule has 1 aliphatic rings. The number of hydrogen-bond acceptors (Lipinski definition) is 3. The highest BCUT2D eigenvalue weighted by atomic mass is 16.5. The van der Waals surface area contributed by atoms with Gasteiger partial charge in [0.15, 0.2) is 0 Å². The maximum Gasteiger partial charge on any atom is 0.119 e. The monoisotopic (exact) mass is 221 g/mol. The Bertz CT molecular complexity index is 378. The number of rotatable bonds is 3. The first-order valence-electron chi connectivity index (χ1n) is 5.70. The molecule has 2 N–H and O–H groups in total. The summed E-state index contributed by atoms with van der Waals surface area (Å²) in [7, 11) is 3.55. The number of methoxy groups -OCH3 is 1. The summed E-state index contributed by atoms with van der Waals surface area (Å²) in [5.74, 6) is 0.868. The molecule has 1 aromatic carbocycles. The van der Waals surface area contributed by atoms with Crippen LogP contribution in [0.5, 0.6) is 5.75 Å². The van der Waals surface area contributed by atoms with Gasteiger partial charge in [0.1, 0.15) is 5.75 Å². The summed E-state index contributed by atoms with van der Waals surface area (Å²) in [6, 6.07) is 6.13. The van der Waals surface area contributed by atoms with Crippen LogP contribution in [0.3, 0.4) is 0 Å². The quantitative estimate of drug-likeness (QED) is 0.804. The van der Waals surface area contributed by atoms with Crippen molar-refractivity contribution in [2.45, 2.75) is 24.9 Å². The molecular weight excluding hydrogens is 202 g/mol. The molecule has 0 saturated carbocycles. The molecule has 1 unspecified atom stereocenters. The molecule has 0 heterocycles. The largest absolute Gasteiger partial charge is 0.497 e. The van der Waals surface area contributed by atoms with Gasteiger partial charge in [0.25, 0.3) is 0 Å². The molecule has 0 aliphatic heterocycles. The van der Waals surface area contributed by atoms with Crippen molar-refractivity contribution in [2.24, 2.45) is 0 Å². The fourth-order valence-corrected chi connectivity index (χ4v) is 2.43. The number of hydrogen-bond donors (Lipinski definition) is 2. The summed E-state index contributed by atoms with van der Waals surface area (Å²) in [6.07, 6.45) is 2.48. The third-order valence-corrected chi connectivity index (χ3v) is 3.30. The second-order valence-corrected chi connectivity index (χ2v) is 4.57. The maximum atomic E-state index is 10.4. The zero-order valence-corrected chi connectivity index (χ0v) is 9.92. The van der Waals surface area contributed by atoms with E-state index < -0.39 is 5.60 Å². The van der Waals surface area contributed by atoms with Gasteiger partial charge in [0, 0.05) is 13.0 Å². The zero-order chi connectivity index (χ0) is 11.6. The maximum absolute atomic E-state index is 10.4. The summed E-state index contributed by atoms with van der Waals surface area (Å²) >= 11 is 0. The molecule has 0 aromatic heterocycles. The average Bonchev–Trinajstić information content (AvgIpc) is 2.28. The summed E-state index contributed by atoms with van der Waals surface area (Å²) < 4.78 is 5.21. The Kier molecular flexibility index (Phi) is 3.17. The van der Waals surface area contributed by atoms with Crippen molar-refractivity contribution in [3.05, 3.63) is 29.3 Å². The van der Waals surface area contributed by atoms with Gasteiger partial charge in [0.05, 0.1) is 12.7 Å². The molecule has 2 rings (SSSR count). The van der Waals surface area contributed by atoms with Crippen LogP contribution in [0.4, 0.5) is 0 Å². The number of aliphatic hydroxyl groups is 1. The zero-order valence-electron chi connectivity index (χ0n) is 9.92. The minimum Gasteiger partial charge on any atom is -0.497 e. The highest BCUT2D eigenvalue weighted by molar-refractivity contribution is 5.38. The predicted molar refractivity (Wildman–Crippen MR) is 63.9 cm³/mol. The molecule has 1 aliphatic carbocycles. The lowest BCUT2D eigenvalue weighted by atomic mass is 9.80. The van der Waals surface area contributed by atoms with Gasteiger partial charge in [-0.05, 0) is 43.1 Å². The Morgan fingerprint density at radius 2 is 2.25 bits per heavy atom. The highest BCUT2D eigenvalue weighted by Gasteiger charge is 2.31. The van der Waals surface area contributed by atoms with E-state index in [2.05, 4.69) is 11.4 Å². The number of benzene rings is 1. The Morgan fingerprint density at radius 3 is 2.94 bits per heavy atom. The molecule has 0 bridgehead atoms. The summed E-state index contributed by atoms with van der Waals surface area (Å²) in [6.45, 7) is 0.643. The van der Waals surface area contributed by atoms with Crippen LogP contribution in [0.1, 0.15) is 17.5 Å². The summed E-state index contributed by atoms with van der Waals surface area (Å²) in [5, 5.41) is 13.4. The first-order chi connectivity index (χ1) is 7.67. The van der Waals surface area contributed by atoms with Crippen LogP contribution in [0.25, 0.3) is 0 Å². The minimum absolute atomic E-state index is 0.603. The van der Waals surface area contributed by atoms with E-state index in [1.807, 2.05) is 19.2 Å². The van der Waals surface area contributed by atoms with Crippen molar-refractivity contribution in [3.8, 4) is 5.75 Å². The number of nitrogens with one attached hydrogen (secondary N) is 1. The van der Waals surface area contributed by atoms with Crippen molar-refractivity contribution in [1.29, 1.82) is 0 Å². The number of aryl methyl sites for hydroxylation is 1. The molecule has 0 radical (unpaired) electrons. The van der Waals surface area contributed by atoms with Crippen LogP contribution in [-0.2, 0) is 12.8 Å². The molecule has 3 nitrogen and oxygen atoms in total. The van der Waals surface area contributed by atoms with Crippen LogP contribution in [0.15, 0.2) is 18.2 Å². The number of likely N-dealkylation sites (N-methyl/N-ethyl adjacent to an activating group) is 1. The lowest BCUT2D eigenvalue weighted by molar-refractivity contribution is 0.0285. The van der Waals surface area contributed by atoms with E-state index in [0.717, 1.165) is 18.6 Å². The SMILES string of the molecule is CNCC1(O)CCc2ccc(OC)cc2C1. The normalized spacial score (nSPS) is 23.9. The third kappa shape index (κ3) is 2.20. The molecule has 0 saturated heterocycles. The van der Waals surface area contributed by atoms with Gasteiger partial charge >= 0.3 is 0 Å². The Labute approximate surface area is 96.4 Å². The lowest BCUT2D eigenvalue weighted by Crippen LogP contribution is -2.44. The first-order valence-corrected chi connectivity index (χ1v) is 5.70. The van der Waals surface area contributed by atoms with E-state index in [1.165, 1.54) is 11.1 Å². The fraction of sp³-hybridized carbons (Fsp3) is 0.538. The molecule has 3 heteroatoms. The van der Waals surface area contributed by atoms with Crippen LogP contribution in [0.2, 0.25) is 0 Å². The second-order valence-electron chi connectivity index (χ2n) is 4.57. The van der Waals surface area contributed by atoms with Crippen LogP contribution in [-0.4, -0.2) is 31.4 Å². The van der Waals surface area contributed by atoms with Crippen molar-refractivity contribution in [2.75, 3.05) is 20.7 Å². The molecule has 16 heavy (non-hydrogen) atoms. The first kappa shape index (κ1) is 11.4. The van der Waals surface area contributed by atoms with Gasteiger partial charge in [-0.1, -0.05) is 6.07 Å². The van der Waals surface area contributed by atoms with E-state index in [1.54, 1.807) is 7.11 Å². The van der Waals surface area contributed by atoms with Crippen LogP contribution >= 0.6 is 0 Å². The molecule has 0 amide bonds. The van der Waals surface area contributed by atoms with E-state index in [0.29, 0.717) is 13.0 Å². The molecule has 1 atom stereocenters. The molecule has 1 aromatic rings.